The third kappa shape index (κ3) is 3.74. The van der Waals surface area contributed by atoms with E-state index < -0.39 is 0 Å². The molecule has 1 fully saturated rings. The van der Waals surface area contributed by atoms with Gasteiger partial charge in [-0.25, -0.2) is 0 Å². The Balaban J connectivity index is 1.81. The van der Waals surface area contributed by atoms with Crippen LogP contribution in [0.5, 0.6) is 0 Å². The van der Waals surface area contributed by atoms with E-state index >= 15 is 0 Å². The molecule has 16 heavy (non-hydrogen) atoms. The van der Waals surface area contributed by atoms with E-state index in [9.17, 15) is 0 Å². The zero-order chi connectivity index (χ0) is 11.4. The largest absolute Gasteiger partial charge is 0.327 e. The first kappa shape index (κ1) is 12.4. The molecule has 2 N–H and O–H groups in total. The van der Waals surface area contributed by atoms with Crippen LogP contribution in [0.25, 0.3) is 0 Å². The van der Waals surface area contributed by atoms with Crippen LogP contribution in [0.2, 0.25) is 0 Å². The van der Waals surface area contributed by atoms with E-state index in [-0.39, 0.29) is 0 Å². The Morgan fingerprint density at radius 1 is 1.19 bits per heavy atom. The smallest absolute Gasteiger partial charge is 0.0130 e. The van der Waals surface area contributed by atoms with Crippen LogP contribution in [0.15, 0.2) is 24.3 Å². The second kappa shape index (κ2) is 6.01. The highest BCUT2D eigenvalue weighted by atomic mass is 127. The SMILES string of the molecule is NC(Cc1ccc(I)cc1)CC1CCCC1. The molecule has 1 aliphatic rings. The minimum Gasteiger partial charge on any atom is -0.327 e. The fraction of sp³-hybridized carbons (Fsp3) is 0.571. The van der Waals surface area contributed by atoms with Crippen molar-refractivity contribution in [2.75, 3.05) is 0 Å². The van der Waals surface area contributed by atoms with Crippen molar-refractivity contribution >= 4 is 22.6 Å². The summed E-state index contributed by atoms with van der Waals surface area (Å²) < 4.78 is 1.30. The zero-order valence-electron chi connectivity index (χ0n) is 9.66. The van der Waals surface area contributed by atoms with Crippen LogP contribution in [-0.2, 0) is 6.42 Å². The van der Waals surface area contributed by atoms with E-state index in [0.29, 0.717) is 6.04 Å². The molecule has 0 bridgehead atoms. The molecule has 1 aromatic carbocycles. The van der Waals surface area contributed by atoms with Gasteiger partial charge in [0.25, 0.3) is 0 Å². The van der Waals surface area contributed by atoms with Gasteiger partial charge in [-0.05, 0) is 59.0 Å². The van der Waals surface area contributed by atoms with Gasteiger partial charge in [-0.1, -0.05) is 37.8 Å². The molecule has 0 heterocycles. The van der Waals surface area contributed by atoms with Crippen LogP contribution in [0.3, 0.4) is 0 Å². The van der Waals surface area contributed by atoms with E-state index in [4.69, 9.17) is 5.73 Å². The molecule has 0 aromatic heterocycles. The number of hydrogen-bond donors (Lipinski definition) is 1. The van der Waals surface area contributed by atoms with E-state index in [0.717, 1.165) is 12.3 Å². The van der Waals surface area contributed by atoms with E-state index in [1.807, 2.05) is 0 Å². The van der Waals surface area contributed by atoms with Gasteiger partial charge in [0, 0.05) is 9.61 Å². The fourth-order valence-corrected chi connectivity index (χ4v) is 3.04. The maximum atomic E-state index is 6.22. The minimum atomic E-state index is 0.350. The van der Waals surface area contributed by atoms with Crippen LogP contribution in [0.4, 0.5) is 0 Å². The first-order chi connectivity index (χ1) is 7.74. The van der Waals surface area contributed by atoms with Crippen molar-refractivity contribution in [3.63, 3.8) is 0 Å². The molecule has 0 saturated heterocycles. The van der Waals surface area contributed by atoms with E-state index in [2.05, 4.69) is 46.9 Å². The maximum absolute atomic E-state index is 6.22. The number of rotatable bonds is 4. The normalized spacial score (nSPS) is 18.9. The predicted molar refractivity (Wildman–Crippen MR) is 77.4 cm³/mol. The van der Waals surface area contributed by atoms with Gasteiger partial charge < -0.3 is 5.73 Å². The monoisotopic (exact) mass is 329 g/mol. The van der Waals surface area contributed by atoms with Gasteiger partial charge in [0.05, 0.1) is 0 Å². The van der Waals surface area contributed by atoms with Crippen molar-refractivity contribution in [1.82, 2.24) is 0 Å². The third-order valence-corrected chi connectivity index (χ3v) is 4.24. The first-order valence-electron chi connectivity index (χ1n) is 6.24. The molecule has 0 aliphatic heterocycles. The van der Waals surface area contributed by atoms with Crippen molar-refractivity contribution in [1.29, 1.82) is 0 Å². The fourth-order valence-electron chi connectivity index (χ4n) is 2.68. The van der Waals surface area contributed by atoms with Crippen LogP contribution >= 0.6 is 22.6 Å². The van der Waals surface area contributed by atoms with Gasteiger partial charge in [0.1, 0.15) is 0 Å². The lowest BCUT2D eigenvalue weighted by atomic mass is 9.95. The molecule has 1 unspecified atom stereocenters. The minimum absolute atomic E-state index is 0.350. The summed E-state index contributed by atoms with van der Waals surface area (Å²) in [5, 5.41) is 0. The topological polar surface area (TPSA) is 26.0 Å². The average molecular weight is 329 g/mol. The Labute approximate surface area is 112 Å². The molecule has 88 valence electrons. The maximum Gasteiger partial charge on any atom is 0.0130 e. The molecular weight excluding hydrogens is 309 g/mol. The quantitative estimate of drug-likeness (QED) is 0.837. The summed E-state index contributed by atoms with van der Waals surface area (Å²) in [6.07, 6.45) is 7.89. The molecule has 1 nitrogen and oxygen atoms in total. The molecule has 2 heteroatoms. The second-order valence-electron chi connectivity index (χ2n) is 4.98. The molecule has 1 atom stereocenters. The molecular formula is C14H20IN. The van der Waals surface area contributed by atoms with Crippen LogP contribution in [0, 0.1) is 9.49 Å². The molecule has 2 rings (SSSR count). The third-order valence-electron chi connectivity index (χ3n) is 3.52. The van der Waals surface area contributed by atoms with Crippen LogP contribution in [-0.4, -0.2) is 6.04 Å². The number of halogens is 1. The number of nitrogens with two attached hydrogens (primary N) is 1. The highest BCUT2D eigenvalue weighted by Crippen LogP contribution is 2.28. The Kier molecular flexibility index (Phi) is 4.65. The highest BCUT2D eigenvalue weighted by molar-refractivity contribution is 14.1. The van der Waals surface area contributed by atoms with Gasteiger partial charge in [-0.3, -0.25) is 0 Å². The van der Waals surface area contributed by atoms with E-state index in [1.54, 1.807) is 0 Å². The summed E-state index contributed by atoms with van der Waals surface area (Å²) >= 11 is 2.34. The van der Waals surface area contributed by atoms with Gasteiger partial charge in [0.2, 0.25) is 0 Å². The standard InChI is InChI=1S/C14H20IN/c15-13-7-5-12(6-8-13)10-14(16)9-11-3-1-2-4-11/h5-8,11,14H,1-4,9-10,16H2. The van der Waals surface area contributed by atoms with Gasteiger partial charge >= 0.3 is 0 Å². The van der Waals surface area contributed by atoms with Crippen molar-refractivity contribution < 1.29 is 0 Å². The van der Waals surface area contributed by atoms with Gasteiger partial charge in [-0.2, -0.15) is 0 Å². The molecule has 1 saturated carbocycles. The van der Waals surface area contributed by atoms with Gasteiger partial charge in [0.15, 0.2) is 0 Å². The Hall–Kier alpha value is -0.0900. The molecule has 0 spiro atoms. The highest BCUT2D eigenvalue weighted by Gasteiger charge is 2.18. The van der Waals surface area contributed by atoms with E-state index in [1.165, 1.54) is 41.2 Å². The average Bonchev–Trinajstić information content (AvgIpc) is 2.74. The molecule has 1 aromatic rings. The summed E-state index contributed by atoms with van der Waals surface area (Å²) in [7, 11) is 0. The lowest BCUT2D eigenvalue weighted by Crippen LogP contribution is -2.25. The van der Waals surface area contributed by atoms with Crippen molar-refractivity contribution in [2.24, 2.45) is 11.7 Å². The zero-order valence-corrected chi connectivity index (χ0v) is 11.8. The van der Waals surface area contributed by atoms with Crippen molar-refractivity contribution in [2.45, 2.75) is 44.6 Å². The molecule has 0 radical (unpaired) electrons. The number of benzene rings is 1. The Bertz CT molecular complexity index is 314. The van der Waals surface area contributed by atoms with Crippen molar-refractivity contribution in [3.8, 4) is 0 Å². The van der Waals surface area contributed by atoms with Crippen molar-refractivity contribution in [3.05, 3.63) is 33.4 Å². The Morgan fingerprint density at radius 3 is 2.44 bits per heavy atom. The molecule has 0 amide bonds. The summed E-state index contributed by atoms with van der Waals surface area (Å²) in [5.41, 5.74) is 7.60. The summed E-state index contributed by atoms with van der Waals surface area (Å²) in [6.45, 7) is 0. The summed E-state index contributed by atoms with van der Waals surface area (Å²) in [5.74, 6) is 0.902. The Morgan fingerprint density at radius 2 is 1.81 bits per heavy atom. The van der Waals surface area contributed by atoms with Crippen LogP contribution < -0.4 is 5.73 Å². The lowest BCUT2D eigenvalue weighted by molar-refractivity contribution is 0.440. The summed E-state index contributed by atoms with van der Waals surface area (Å²) in [6, 6.07) is 9.09. The first-order valence-corrected chi connectivity index (χ1v) is 7.32. The van der Waals surface area contributed by atoms with Gasteiger partial charge in [-0.15, -0.1) is 0 Å². The number of hydrogen-bond acceptors (Lipinski definition) is 1. The van der Waals surface area contributed by atoms with Crippen LogP contribution in [0.1, 0.15) is 37.7 Å². The summed E-state index contributed by atoms with van der Waals surface area (Å²) in [4.78, 5) is 0. The lowest BCUT2D eigenvalue weighted by Gasteiger charge is -2.16. The molecule has 1 aliphatic carbocycles. The second-order valence-corrected chi connectivity index (χ2v) is 6.22. The predicted octanol–water partition coefficient (Wildman–Crippen LogP) is 3.74.